The number of amides is 1. The van der Waals surface area contributed by atoms with Gasteiger partial charge in [-0.05, 0) is 32.9 Å². The first-order valence-corrected chi connectivity index (χ1v) is 7.09. The van der Waals surface area contributed by atoms with Gasteiger partial charge in [-0.15, -0.1) is 0 Å². The standard InChI is InChI=1S/C15H21NO6/c1-15(2,3)21-14(18)16-10(9-13(17)19-4)8-12(22-16)11-6-5-7-20-11/h5-7,10,12H,8-9H2,1-4H3/t10-,12+/m1/s1. The maximum Gasteiger partial charge on any atom is 0.434 e. The summed E-state index contributed by atoms with van der Waals surface area (Å²) in [6.45, 7) is 5.29. The third-order valence-electron chi connectivity index (χ3n) is 3.12. The number of carbonyl (C=O) groups is 2. The van der Waals surface area contributed by atoms with E-state index >= 15 is 0 Å². The first-order chi connectivity index (χ1) is 10.3. The summed E-state index contributed by atoms with van der Waals surface area (Å²) in [6.07, 6.45) is 0.937. The fourth-order valence-corrected chi connectivity index (χ4v) is 2.19. The van der Waals surface area contributed by atoms with E-state index in [0.717, 1.165) is 5.06 Å². The van der Waals surface area contributed by atoms with Crippen molar-refractivity contribution in [1.29, 1.82) is 0 Å². The molecule has 22 heavy (non-hydrogen) atoms. The molecule has 1 saturated heterocycles. The molecule has 1 fully saturated rings. The van der Waals surface area contributed by atoms with Gasteiger partial charge < -0.3 is 13.9 Å². The van der Waals surface area contributed by atoms with Crippen LogP contribution in [0.3, 0.4) is 0 Å². The van der Waals surface area contributed by atoms with Crippen LogP contribution in [-0.4, -0.2) is 35.9 Å². The van der Waals surface area contributed by atoms with Gasteiger partial charge in [-0.25, -0.2) is 4.79 Å². The molecule has 2 heterocycles. The Balaban J connectivity index is 2.12. The van der Waals surface area contributed by atoms with Crippen LogP contribution in [0.5, 0.6) is 0 Å². The van der Waals surface area contributed by atoms with Crippen LogP contribution >= 0.6 is 0 Å². The van der Waals surface area contributed by atoms with Gasteiger partial charge in [-0.2, -0.15) is 5.06 Å². The number of esters is 1. The van der Waals surface area contributed by atoms with Gasteiger partial charge in [0.05, 0.1) is 25.8 Å². The number of hydrogen-bond acceptors (Lipinski definition) is 6. The van der Waals surface area contributed by atoms with Crippen molar-refractivity contribution in [2.75, 3.05) is 7.11 Å². The first-order valence-electron chi connectivity index (χ1n) is 7.09. The number of methoxy groups -OCH3 is 1. The monoisotopic (exact) mass is 311 g/mol. The molecule has 1 aromatic rings. The maximum absolute atomic E-state index is 12.3. The number of nitrogens with zero attached hydrogens (tertiary/aromatic N) is 1. The van der Waals surface area contributed by atoms with E-state index < -0.39 is 29.8 Å². The van der Waals surface area contributed by atoms with Crippen LogP contribution < -0.4 is 0 Å². The molecule has 0 radical (unpaired) electrons. The molecule has 1 aromatic heterocycles. The molecular formula is C15H21NO6. The topological polar surface area (TPSA) is 78.2 Å². The van der Waals surface area contributed by atoms with Gasteiger partial charge in [0.15, 0.2) is 0 Å². The molecule has 0 N–H and O–H groups in total. The Morgan fingerprint density at radius 1 is 1.41 bits per heavy atom. The zero-order valence-electron chi connectivity index (χ0n) is 13.2. The highest BCUT2D eigenvalue weighted by Gasteiger charge is 2.42. The van der Waals surface area contributed by atoms with Gasteiger partial charge in [0.1, 0.15) is 17.5 Å². The summed E-state index contributed by atoms with van der Waals surface area (Å²) in [5.41, 5.74) is -0.654. The van der Waals surface area contributed by atoms with Gasteiger partial charge in [-0.1, -0.05) is 0 Å². The van der Waals surface area contributed by atoms with Crippen molar-refractivity contribution in [2.24, 2.45) is 0 Å². The van der Waals surface area contributed by atoms with Gasteiger partial charge in [0, 0.05) is 6.42 Å². The molecule has 2 rings (SSSR count). The third-order valence-corrected chi connectivity index (χ3v) is 3.12. The minimum Gasteiger partial charge on any atom is -0.469 e. The minimum atomic E-state index is -0.654. The molecule has 122 valence electrons. The SMILES string of the molecule is COC(=O)C[C@H]1C[C@@H](c2ccco2)ON1C(=O)OC(C)(C)C. The maximum atomic E-state index is 12.3. The van der Waals surface area contributed by atoms with Crippen LogP contribution in [0, 0.1) is 0 Å². The Hall–Kier alpha value is -2.02. The molecule has 2 atom stereocenters. The van der Waals surface area contributed by atoms with Crippen LogP contribution in [0.4, 0.5) is 4.79 Å². The Labute approximate surface area is 129 Å². The summed E-state index contributed by atoms with van der Waals surface area (Å²) in [5, 5.41) is 1.11. The van der Waals surface area contributed by atoms with Crippen molar-refractivity contribution in [3.63, 3.8) is 0 Å². The molecule has 1 aliphatic heterocycles. The summed E-state index contributed by atoms with van der Waals surface area (Å²) < 4.78 is 15.3. The Bertz CT molecular complexity index is 519. The second-order valence-electron chi connectivity index (χ2n) is 6.09. The smallest absolute Gasteiger partial charge is 0.434 e. The lowest BCUT2D eigenvalue weighted by atomic mass is 10.1. The summed E-state index contributed by atoms with van der Waals surface area (Å²) >= 11 is 0. The molecule has 1 aliphatic rings. The van der Waals surface area contributed by atoms with E-state index in [1.807, 2.05) is 0 Å². The lowest BCUT2D eigenvalue weighted by Gasteiger charge is -2.26. The number of furan rings is 1. The van der Waals surface area contributed by atoms with E-state index in [-0.39, 0.29) is 6.42 Å². The molecule has 7 nitrogen and oxygen atoms in total. The lowest BCUT2D eigenvalue weighted by molar-refractivity contribution is -0.162. The highest BCUT2D eigenvalue weighted by Crippen LogP contribution is 2.35. The fraction of sp³-hybridized carbons (Fsp3) is 0.600. The molecule has 0 unspecified atom stereocenters. The van der Waals surface area contributed by atoms with Gasteiger partial charge in [-0.3, -0.25) is 9.63 Å². The van der Waals surface area contributed by atoms with Crippen molar-refractivity contribution >= 4 is 12.1 Å². The second kappa shape index (κ2) is 6.39. The van der Waals surface area contributed by atoms with Crippen molar-refractivity contribution in [3.05, 3.63) is 24.2 Å². The number of hydroxylamine groups is 2. The molecule has 0 saturated carbocycles. The highest BCUT2D eigenvalue weighted by atomic mass is 16.7. The number of rotatable bonds is 3. The normalized spacial score (nSPS) is 21.7. The number of hydrogen-bond donors (Lipinski definition) is 0. The quantitative estimate of drug-likeness (QED) is 0.799. The van der Waals surface area contributed by atoms with E-state index in [0.29, 0.717) is 12.2 Å². The molecule has 0 bridgehead atoms. The Morgan fingerprint density at radius 2 is 2.14 bits per heavy atom. The Morgan fingerprint density at radius 3 is 2.68 bits per heavy atom. The predicted octanol–water partition coefficient (Wildman–Crippen LogP) is 2.82. The van der Waals surface area contributed by atoms with Crippen LogP contribution in [0.25, 0.3) is 0 Å². The lowest BCUT2D eigenvalue weighted by Crippen LogP contribution is -2.40. The van der Waals surface area contributed by atoms with Gasteiger partial charge >= 0.3 is 12.1 Å². The van der Waals surface area contributed by atoms with Crippen molar-refractivity contribution in [2.45, 2.75) is 51.4 Å². The predicted molar refractivity (Wildman–Crippen MR) is 75.6 cm³/mol. The van der Waals surface area contributed by atoms with E-state index in [4.69, 9.17) is 14.0 Å². The zero-order chi connectivity index (χ0) is 16.3. The first kappa shape index (κ1) is 16.4. The van der Waals surface area contributed by atoms with Crippen LogP contribution in [0.2, 0.25) is 0 Å². The number of ether oxygens (including phenoxy) is 2. The zero-order valence-corrected chi connectivity index (χ0v) is 13.2. The van der Waals surface area contributed by atoms with Crippen molar-refractivity contribution in [3.8, 4) is 0 Å². The van der Waals surface area contributed by atoms with Crippen LogP contribution in [-0.2, 0) is 19.1 Å². The fourth-order valence-electron chi connectivity index (χ4n) is 2.19. The summed E-state index contributed by atoms with van der Waals surface area (Å²) in [6, 6.07) is 3.04. The Kier molecular flexibility index (Phi) is 4.75. The number of carbonyl (C=O) groups excluding carboxylic acids is 2. The van der Waals surface area contributed by atoms with E-state index in [1.165, 1.54) is 13.4 Å². The molecule has 1 amide bonds. The average molecular weight is 311 g/mol. The third kappa shape index (κ3) is 4.00. The highest BCUT2D eigenvalue weighted by molar-refractivity contribution is 5.72. The van der Waals surface area contributed by atoms with Crippen molar-refractivity contribution in [1.82, 2.24) is 5.06 Å². The van der Waals surface area contributed by atoms with Gasteiger partial charge in [0.2, 0.25) is 0 Å². The molecule has 7 heteroatoms. The molecule has 0 aliphatic carbocycles. The van der Waals surface area contributed by atoms with Crippen LogP contribution in [0.1, 0.15) is 45.5 Å². The molecular weight excluding hydrogens is 290 g/mol. The van der Waals surface area contributed by atoms with E-state index in [2.05, 4.69) is 4.74 Å². The molecule has 0 aromatic carbocycles. The summed E-state index contributed by atoms with van der Waals surface area (Å²) in [4.78, 5) is 29.4. The summed E-state index contributed by atoms with van der Waals surface area (Å²) in [7, 11) is 1.31. The second-order valence-corrected chi connectivity index (χ2v) is 6.09. The van der Waals surface area contributed by atoms with Crippen LogP contribution in [0.15, 0.2) is 22.8 Å². The summed E-state index contributed by atoms with van der Waals surface area (Å²) in [5.74, 6) is 0.183. The van der Waals surface area contributed by atoms with E-state index in [1.54, 1.807) is 32.9 Å². The molecule has 0 spiro atoms. The minimum absolute atomic E-state index is 0.0347. The van der Waals surface area contributed by atoms with E-state index in [9.17, 15) is 9.59 Å². The largest absolute Gasteiger partial charge is 0.469 e. The van der Waals surface area contributed by atoms with Crippen molar-refractivity contribution < 1.29 is 28.3 Å². The average Bonchev–Trinajstić information content (AvgIpc) is 3.04. The van der Waals surface area contributed by atoms with Gasteiger partial charge in [0.25, 0.3) is 0 Å².